The lowest BCUT2D eigenvalue weighted by molar-refractivity contribution is -0.117. The normalized spacial score (nSPS) is 14.5. The number of pyridine rings is 1. The van der Waals surface area contributed by atoms with Crippen LogP contribution in [0, 0.1) is 11.6 Å². The smallest absolute Gasteiger partial charge is 0.256 e. The van der Waals surface area contributed by atoms with Gasteiger partial charge in [-0.2, -0.15) is 0 Å². The fourth-order valence-electron chi connectivity index (χ4n) is 3.72. The minimum absolute atomic E-state index is 0.0564. The fraction of sp³-hybridized carbons (Fsp3) is 0.240. The molecule has 0 aliphatic carbocycles. The molecule has 1 aliphatic rings. The molecular weight excluding hydrogens is 458 g/mol. The maximum Gasteiger partial charge on any atom is 0.256 e. The van der Waals surface area contributed by atoms with Crippen LogP contribution in [0.25, 0.3) is 0 Å². The highest BCUT2D eigenvalue weighted by molar-refractivity contribution is 7.99. The van der Waals surface area contributed by atoms with Crippen LogP contribution in [0.3, 0.4) is 0 Å². The second-order valence-corrected chi connectivity index (χ2v) is 8.93. The van der Waals surface area contributed by atoms with Crippen LogP contribution in [0.1, 0.15) is 16.8 Å². The van der Waals surface area contributed by atoms with Gasteiger partial charge in [0, 0.05) is 43.3 Å². The lowest BCUT2D eigenvalue weighted by atomic mass is 10.2. The summed E-state index contributed by atoms with van der Waals surface area (Å²) in [6, 6.07) is 16.3. The molecule has 1 N–H and O–H groups in total. The van der Waals surface area contributed by atoms with E-state index in [4.69, 9.17) is 0 Å². The minimum Gasteiger partial charge on any atom is -0.337 e. The van der Waals surface area contributed by atoms with Gasteiger partial charge in [-0.15, -0.1) is 0 Å². The van der Waals surface area contributed by atoms with Gasteiger partial charge in [0.2, 0.25) is 5.91 Å². The molecule has 176 valence electrons. The summed E-state index contributed by atoms with van der Waals surface area (Å²) in [7, 11) is 0. The van der Waals surface area contributed by atoms with Crippen LogP contribution >= 0.6 is 11.8 Å². The molecule has 0 atom stereocenters. The van der Waals surface area contributed by atoms with Crippen LogP contribution in [0.15, 0.2) is 76.8 Å². The first-order chi connectivity index (χ1) is 16.5. The first-order valence-electron chi connectivity index (χ1n) is 10.9. The number of hydrogen-bond donors (Lipinski definition) is 1. The van der Waals surface area contributed by atoms with Crippen molar-refractivity contribution in [2.45, 2.75) is 16.3 Å². The van der Waals surface area contributed by atoms with Gasteiger partial charge >= 0.3 is 0 Å². The molecule has 0 unspecified atom stereocenters. The molecule has 2 heterocycles. The molecule has 9 heteroatoms. The van der Waals surface area contributed by atoms with E-state index in [-0.39, 0.29) is 24.0 Å². The van der Waals surface area contributed by atoms with Gasteiger partial charge in [-0.1, -0.05) is 30.0 Å². The Morgan fingerprint density at radius 3 is 2.59 bits per heavy atom. The SMILES string of the molecule is O=C(CN1CCCN(C(=O)c2cccnc2Sc2ccccc2)CC1)Nc1ccc(F)cc1F. The molecule has 2 aromatic carbocycles. The first-order valence-corrected chi connectivity index (χ1v) is 11.8. The van der Waals surface area contributed by atoms with Gasteiger partial charge in [-0.05, 0) is 42.8 Å². The molecule has 0 bridgehead atoms. The van der Waals surface area contributed by atoms with Crippen molar-refractivity contribution < 1.29 is 18.4 Å². The van der Waals surface area contributed by atoms with E-state index in [0.717, 1.165) is 17.0 Å². The molecule has 0 radical (unpaired) electrons. The zero-order valence-corrected chi connectivity index (χ0v) is 19.2. The number of rotatable bonds is 6. The number of aromatic nitrogens is 1. The number of benzene rings is 2. The van der Waals surface area contributed by atoms with Crippen molar-refractivity contribution in [3.63, 3.8) is 0 Å². The predicted molar refractivity (Wildman–Crippen MR) is 127 cm³/mol. The molecule has 3 aromatic rings. The molecule has 0 saturated carbocycles. The number of nitrogens with zero attached hydrogens (tertiary/aromatic N) is 3. The number of halogens is 2. The van der Waals surface area contributed by atoms with Gasteiger partial charge in [-0.3, -0.25) is 14.5 Å². The van der Waals surface area contributed by atoms with E-state index >= 15 is 0 Å². The molecule has 1 fully saturated rings. The Hall–Kier alpha value is -3.30. The maximum atomic E-state index is 13.8. The zero-order valence-electron chi connectivity index (χ0n) is 18.4. The molecule has 34 heavy (non-hydrogen) atoms. The highest BCUT2D eigenvalue weighted by Crippen LogP contribution is 2.29. The molecule has 1 aliphatic heterocycles. The van der Waals surface area contributed by atoms with Gasteiger partial charge in [0.15, 0.2) is 0 Å². The summed E-state index contributed by atoms with van der Waals surface area (Å²) in [5, 5.41) is 3.13. The van der Waals surface area contributed by atoms with E-state index in [1.54, 1.807) is 23.2 Å². The van der Waals surface area contributed by atoms with Crippen LogP contribution in [0.2, 0.25) is 0 Å². The van der Waals surface area contributed by atoms with Gasteiger partial charge < -0.3 is 10.2 Å². The first kappa shape index (κ1) is 23.8. The Labute approximate surface area is 201 Å². The Morgan fingerprint density at radius 2 is 1.79 bits per heavy atom. The lowest BCUT2D eigenvalue weighted by Crippen LogP contribution is -2.38. The third kappa shape index (κ3) is 6.18. The number of anilines is 1. The average molecular weight is 483 g/mol. The maximum absolute atomic E-state index is 13.8. The third-order valence-corrected chi connectivity index (χ3v) is 6.43. The monoisotopic (exact) mass is 482 g/mol. The van der Waals surface area contributed by atoms with Crippen molar-refractivity contribution in [3.05, 3.63) is 84.1 Å². The van der Waals surface area contributed by atoms with Crippen molar-refractivity contribution in [2.24, 2.45) is 0 Å². The van der Waals surface area contributed by atoms with Crippen molar-refractivity contribution in [1.29, 1.82) is 0 Å². The quantitative estimate of drug-likeness (QED) is 0.568. The Balaban J connectivity index is 1.36. The molecule has 1 aromatic heterocycles. The molecule has 4 rings (SSSR count). The van der Waals surface area contributed by atoms with Crippen LogP contribution in [0.4, 0.5) is 14.5 Å². The van der Waals surface area contributed by atoms with E-state index in [1.165, 1.54) is 17.8 Å². The second-order valence-electron chi connectivity index (χ2n) is 7.87. The number of hydrogen-bond acceptors (Lipinski definition) is 5. The number of carbonyl (C=O) groups excluding carboxylic acids is 2. The molecule has 6 nitrogen and oxygen atoms in total. The topological polar surface area (TPSA) is 65.5 Å². The van der Waals surface area contributed by atoms with Gasteiger partial charge in [0.25, 0.3) is 5.91 Å². The van der Waals surface area contributed by atoms with E-state index in [2.05, 4.69) is 10.3 Å². The highest BCUT2D eigenvalue weighted by atomic mass is 32.2. The molecule has 0 spiro atoms. The predicted octanol–water partition coefficient (Wildman–Crippen LogP) is 4.30. The Kier molecular flexibility index (Phi) is 7.87. The minimum atomic E-state index is -0.818. The largest absolute Gasteiger partial charge is 0.337 e. The summed E-state index contributed by atoms with van der Waals surface area (Å²) < 4.78 is 26.9. The number of carbonyl (C=O) groups is 2. The number of amides is 2. The summed E-state index contributed by atoms with van der Waals surface area (Å²) in [4.78, 5) is 34.8. The van der Waals surface area contributed by atoms with Crippen molar-refractivity contribution in [3.8, 4) is 0 Å². The highest BCUT2D eigenvalue weighted by Gasteiger charge is 2.24. The summed E-state index contributed by atoms with van der Waals surface area (Å²) in [6.07, 6.45) is 2.38. The Bertz CT molecular complexity index is 1160. The summed E-state index contributed by atoms with van der Waals surface area (Å²) >= 11 is 1.45. The molecule has 2 amide bonds. The van der Waals surface area contributed by atoms with Crippen molar-refractivity contribution in [2.75, 3.05) is 38.0 Å². The van der Waals surface area contributed by atoms with Crippen LogP contribution in [-0.2, 0) is 4.79 Å². The summed E-state index contributed by atoms with van der Waals surface area (Å²) in [5.74, 6) is -2.00. The summed E-state index contributed by atoms with van der Waals surface area (Å²) in [5.41, 5.74) is 0.493. The Morgan fingerprint density at radius 1 is 0.971 bits per heavy atom. The average Bonchev–Trinajstić information content (AvgIpc) is 3.07. The number of nitrogens with one attached hydrogen (secondary N) is 1. The van der Waals surface area contributed by atoms with Crippen LogP contribution in [0.5, 0.6) is 0 Å². The standard InChI is InChI=1S/C25H24F2N4O2S/c26-18-9-10-22(21(27)16-18)29-23(32)17-30-12-5-13-31(15-14-30)25(33)20-8-4-11-28-24(20)34-19-6-2-1-3-7-19/h1-4,6-11,16H,5,12-15,17H2,(H,29,32). The van der Waals surface area contributed by atoms with Gasteiger partial charge in [0.05, 0.1) is 17.8 Å². The van der Waals surface area contributed by atoms with E-state index in [0.29, 0.717) is 43.2 Å². The van der Waals surface area contributed by atoms with Gasteiger partial charge in [-0.25, -0.2) is 13.8 Å². The van der Waals surface area contributed by atoms with E-state index < -0.39 is 11.6 Å². The fourth-order valence-corrected chi connectivity index (χ4v) is 4.62. The van der Waals surface area contributed by atoms with E-state index in [1.807, 2.05) is 35.2 Å². The summed E-state index contributed by atoms with van der Waals surface area (Å²) in [6.45, 7) is 2.21. The van der Waals surface area contributed by atoms with E-state index in [9.17, 15) is 18.4 Å². The lowest BCUT2D eigenvalue weighted by Gasteiger charge is -2.22. The molecular formula is C25H24F2N4O2S. The zero-order chi connectivity index (χ0) is 23.9. The van der Waals surface area contributed by atoms with Crippen LogP contribution in [-0.4, -0.2) is 59.3 Å². The second kappa shape index (κ2) is 11.2. The van der Waals surface area contributed by atoms with Crippen LogP contribution < -0.4 is 5.32 Å². The van der Waals surface area contributed by atoms with Gasteiger partial charge in [0.1, 0.15) is 16.7 Å². The van der Waals surface area contributed by atoms with Crippen molar-refractivity contribution in [1.82, 2.24) is 14.8 Å². The van der Waals surface area contributed by atoms with Crippen molar-refractivity contribution >= 4 is 29.3 Å². The third-order valence-electron chi connectivity index (χ3n) is 5.41. The molecule has 1 saturated heterocycles.